The summed E-state index contributed by atoms with van der Waals surface area (Å²) in [5.41, 5.74) is 0.692. The molecule has 1 aromatic carbocycles. The van der Waals surface area contributed by atoms with Gasteiger partial charge in [-0.05, 0) is 39.3 Å². The van der Waals surface area contributed by atoms with Crippen LogP contribution in [0.5, 0.6) is 0 Å². The van der Waals surface area contributed by atoms with Crippen molar-refractivity contribution in [2.45, 2.75) is 39.0 Å². The number of furan rings is 1. The lowest BCUT2D eigenvalue weighted by Crippen LogP contribution is -2.40. The summed E-state index contributed by atoms with van der Waals surface area (Å²) in [6, 6.07) is 11.7. The lowest BCUT2D eigenvalue weighted by molar-refractivity contribution is 0.0657. The molecule has 3 N–H and O–H groups in total. The van der Waals surface area contributed by atoms with Crippen molar-refractivity contribution in [3.8, 4) is 0 Å². The molecule has 0 spiro atoms. The first kappa shape index (κ1) is 22.2. The Balaban J connectivity index is 1.89. The molecular weight excluding hydrogens is 374 g/mol. The highest BCUT2D eigenvalue weighted by Gasteiger charge is 2.27. The molecule has 0 aliphatic carbocycles. The van der Waals surface area contributed by atoms with Gasteiger partial charge >= 0.3 is 0 Å². The number of aliphatic imine (C=N–C) groups is 1. The van der Waals surface area contributed by atoms with Gasteiger partial charge in [-0.15, -0.1) is 0 Å². The van der Waals surface area contributed by atoms with Gasteiger partial charge in [0.25, 0.3) is 0 Å². The lowest BCUT2D eigenvalue weighted by Gasteiger charge is -2.21. The average Bonchev–Trinajstić information content (AvgIpc) is 3.00. The van der Waals surface area contributed by atoms with Crippen molar-refractivity contribution < 1.29 is 13.7 Å². The molecule has 28 heavy (non-hydrogen) atoms. The van der Waals surface area contributed by atoms with Gasteiger partial charge in [0.2, 0.25) is 0 Å². The number of hydrogen-bond donors (Lipinski definition) is 3. The maximum atomic E-state index is 12.3. The van der Waals surface area contributed by atoms with Crippen molar-refractivity contribution in [1.82, 2.24) is 10.6 Å². The van der Waals surface area contributed by atoms with Crippen LogP contribution < -0.4 is 10.6 Å². The molecular formula is C21H31N3O3S. The van der Waals surface area contributed by atoms with Crippen LogP contribution in [0.25, 0.3) is 0 Å². The topological polar surface area (TPSA) is 86.9 Å². The van der Waals surface area contributed by atoms with Crippen LogP contribution in [0.3, 0.4) is 0 Å². The number of guanidine groups is 1. The number of benzene rings is 1. The highest BCUT2D eigenvalue weighted by atomic mass is 32.2. The molecule has 2 unspecified atom stereocenters. The Bertz CT molecular complexity index is 800. The maximum Gasteiger partial charge on any atom is 0.191 e. The average molecular weight is 406 g/mol. The molecule has 2 aromatic rings. The number of rotatable bonds is 9. The van der Waals surface area contributed by atoms with Crippen LogP contribution >= 0.6 is 0 Å². The van der Waals surface area contributed by atoms with Crippen molar-refractivity contribution in [3.63, 3.8) is 0 Å². The van der Waals surface area contributed by atoms with Crippen molar-refractivity contribution in [1.29, 1.82) is 0 Å². The van der Waals surface area contributed by atoms with E-state index in [1.807, 2.05) is 57.2 Å². The smallest absolute Gasteiger partial charge is 0.191 e. The molecule has 0 amide bonds. The number of hydrogen-bond acceptors (Lipinski definition) is 4. The van der Waals surface area contributed by atoms with Crippen LogP contribution in [0.4, 0.5) is 0 Å². The summed E-state index contributed by atoms with van der Waals surface area (Å²) in [6.45, 7) is 8.83. The Hall–Kier alpha value is -2.12. The summed E-state index contributed by atoms with van der Waals surface area (Å²) < 4.78 is 17.8. The third kappa shape index (κ3) is 6.80. The van der Waals surface area contributed by atoms with E-state index in [4.69, 9.17) is 4.42 Å². The minimum Gasteiger partial charge on any atom is -0.466 e. The van der Waals surface area contributed by atoms with Gasteiger partial charge < -0.3 is 20.2 Å². The molecule has 1 aromatic heterocycles. The van der Waals surface area contributed by atoms with Gasteiger partial charge in [-0.1, -0.05) is 30.3 Å². The second kappa shape index (κ2) is 10.4. The van der Waals surface area contributed by atoms with Crippen molar-refractivity contribution in [2.75, 3.05) is 25.4 Å². The number of aliphatic hydroxyl groups is 1. The predicted molar refractivity (Wildman–Crippen MR) is 115 cm³/mol. The SMILES string of the molecule is CCNC(=NCC(C)(O)c1cc(C)oc1C)NCCS(=O)Cc1ccccc1. The van der Waals surface area contributed by atoms with Crippen LogP contribution in [0, 0.1) is 13.8 Å². The Kier molecular flexibility index (Phi) is 8.26. The van der Waals surface area contributed by atoms with Crippen LogP contribution in [0.2, 0.25) is 0 Å². The van der Waals surface area contributed by atoms with Crippen molar-refractivity contribution in [3.05, 3.63) is 59.0 Å². The van der Waals surface area contributed by atoms with E-state index >= 15 is 0 Å². The van der Waals surface area contributed by atoms with E-state index in [0.29, 0.717) is 36.3 Å². The van der Waals surface area contributed by atoms with Crippen LogP contribution in [-0.2, 0) is 22.2 Å². The normalized spacial score (nSPS) is 15.1. The van der Waals surface area contributed by atoms with Gasteiger partial charge in [0.1, 0.15) is 17.1 Å². The summed E-state index contributed by atoms with van der Waals surface area (Å²) in [5, 5.41) is 17.2. The molecule has 2 atom stereocenters. The standard InChI is InChI=1S/C21H31N3O3S/c1-5-22-20(23-11-12-28(26)14-18-9-7-6-8-10-18)24-15-21(4,25)19-13-16(2)27-17(19)3/h6-10,13,25H,5,11-12,14-15H2,1-4H3,(H2,22,23,24). The fourth-order valence-electron chi connectivity index (χ4n) is 2.94. The molecule has 0 radical (unpaired) electrons. The molecule has 0 saturated carbocycles. The van der Waals surface area contributed by atoms with Crippen LogP contribution in [0.15, 0.2) is 45.8 Å². The Morgan fingerprint density at radius 2 is 1.96 bits per heavy atom. The summed E-state index contributed by atoms with van der Waals surface area (Å²) in [5.74, 6) is 3.13. The van der Waals surface area contributed by atoms with Crippen molar-refractivity contribution in [2.24, 2.45) is 4.99 Å². The fourth-order valence-corrected chi connectivity index (χ4v) is 3.98. The zero-order valence-corrected chi connectivity index (χ0v) is 17.9. The Morgan fingerprint density at radius 1 is 1.25 bits per heavy atom. The minimum atomic E-state index is -1.12. The summed E-state index contributed by atoms with van der Waals surface area (Å²) in [7, 11) is -0.949. The summed E-state index contributed by atoms with van der Waals surface area (Å²) >= 11 is 0. The molecule has 0 aliphatic heterocycles. The first-order chi connectivity index (χ1) is 13.3. The Labute approximate surface area is 169 Å². The predicted octanol–water partition coefficient (Wildman–Crippen LogP) is 2.61. The highest BCUT2D eigenvalue weighted by molar-refractivity contribution is 7.84. The molecule has 0 aliphatic rings. The second-order valence-electron chi connectivity index (χ2n) is 7.00. The van der Waals surface area contributed by atoms with Gasteiger partial charge in [-0.25, -0.2) is 4.99 Å². The van der Waals surface area contributed by atoms with Gasteiger partial charge in [0.15, 0.2) is 5.96 Å². The summed E-state index contributed by atoms with van der Waals surface area (Å²) in [6.07, 6.45) is 0. The van der Waals surface area contributed by atoms with E-state index in [1.54, 1.807) is 6.92 Å². The molecule has 0 fully saturated rings. The van der Waals surface area contributed by atoms with Gasteiger partial charge in [-0.3, -0.25) is 4.21 Å². The van der Waals surface area contributed by atoms with E-state index in [1.165, 1.54) is 0 Å². The van der Waals surface area contributed by atoms with Gasteiger partial charge in [0, 0.05) is 41.0 Å². The highest BCUT2D eigenvalue weighted by Crippen LogP contribution is 2.27. The summed E-state index contributed by atoms with van der Waals surface area (Å²) in [4.78, 5) is 4.50. The largest absolute Gasteiger partial charge is 0.466 e. The van der Waals surface area contributed by atoms with Crippen molar-refractivity contribution >= 4 is 16.8 Å². The monoisotopic (exact) mass is 405 g/mol. The molecule has 2 rings (SSSR count). The quantitative estimate of drug-likeness (QED) is 0.441. The Morgan fingerprint density at radius 3 is 2.57 bits per heavy atom. The van der Waals surface area contributed by atoms with E-state index in [-0.39, 0.29) is 6.54 Å². The zero-order chi connectivity index (χ0) is 20.6. The second-order valence-corrected chi connectivity index (χ2v) is 8.57. The van der Waals surface area contributed by atoms with Crippen LogP contribution in [-0.4, -0.2) is 40.7 Å². The van der Waals surface area contributed by atoms with Crippen LogP contribution in [0.1, 0.15) is 36.5 Å². The van der Waals surface area contributed by atoms with E-state index in [0.717, 1.165) is 16.9 Å². The fraction of sp³-hybridized carbons (Fsp3) is 0.476. The van der Waals surface area contributed by atoms with Gasteiger partial charge in [0.05, 0.1) is 6.54 Å². The first-order valence-corrected chi connectivity index (χ1v) is 11.0. The van der Waals surface area contributed by atoms with E-state index in [9.17, 15) is 9.32 Å². The maximum absolute atomic E-state index is 12.3. The van der Waals surface area contributed by atoms with E-state index < -0.39 is 16.4 Å². The minimum absolute atomic E-state index is 0.190. The molecule has 7 heteroatoms. The number of nitrogens with zero attached hydrogens (tertiary/aromatic N) is 1. The third-order valence-corrected chi connectivity index (χ3v) is 5.62. The number of nitrogens with one attached hydrogen (secondary N) is 2. The number of aryl methyl sites for hydroxylation is 2. The molecule has 0 bridgehead atoms. The van der Waals surface area contributed by atoms with E-state index in [2.05, 4.69) is 15.6 Å². The molecule has 1 heterocycles. The first-order valence-electron chi connectivity index (χ1n) is 9.53. The lowest BCUT2D eigenvalue weighted by atomic mass is 9.96. The zero-order valence-electron chi connectivity index (χ0n) is 17.1. The molecule has 0 saturated heterocycles. The van der Waals surface area contributed by atoms with Gasteiger partial charge in [-0.2, -0.15) is 0 Å². The molecule has 154 valence electrons. The third-order valence-electron chi connectivity index (χ3n) is 4.30. The molecule has 6 nitrogen and oxygen atoms in total.